The Balaban J connectivity index is 2.07. The van der Waals surface area contributed by atoms with E-state index in [1.807, 2.05) is 29.9 Å². The molecule has 88 valence electrons. The van der Waals surface area contributed by atoms with Crippen molar-refractivity contribution in [3.8, 4) is 5.75 Å². The molecule has 0 aliphatic carbocycles. The molecule has 0 unspecified atom stereocenters. The summed E-state index contributed by atoms with van der Waals surface area (Å²) in [5, 5.41) is 0. The van der Waals surface area contributed by atoms with E-state index in [1.54, 1.807) is 18.3 Å². The van der Waals surface area contributed by atoms with Crippen LogP contribution in [-0.4, -0.2) is 15.3 Å². The molecule has 0 spiro atoms. The Morgan fingerprint density at radius 1 is 1.47 bits per heavy atom. The Morgan fingerprint density at radius 2 is 2.29 bits per heavy atom. The summed E-state index contributed by atoms with van der Waals surface area (Å²) in [6.45, 7) is 1.93. The number of nitrogens with zero attached hydrogens (tertiary/aromatic N) is 2. The molecule has 0 atom stereocenters. The molecule has 0 N–H and O–H groups in total. The first kappa shape index (κ1) is 11.4. The lowest BCUT2D eigenvalue weighted by Crippen LogP contribution is -2.03. The number of carbonyl (C=O) groups is 1. The molecular formula is C13H14N2O2. The normalized spacial score (nSPS) is 10.2. The van der Waals surface area contributed by atoms with Gasteiger partial charge in [-0.1, -0.05) is 12.1 Å². The first-order valence-corrected chi connectivity index (χ1v) is 5.37. The number of rotatable bonds is 4. The fourth-order valence-electron chi connectivity index (χ4n) is 1.49. The Bertz CT molecular complexity index is 532. The molecule has 0 aliphatic heterocycles. The molecule has 0 saturated carbocycles. The zero-order chi connectivity index (χ0) is 12.3. The number of carbonyl (C=O) groups excluding carboxylic acids is 1. The Kier molecular flexibility index (Phi) is 3.23. The van der Waals surface area contributed by atoms with Crippen molar-refractivity contribution in [2.45, 2.75) is 13.5 Å². The van der Waals surface area contributed by atoms with Crippen LogP contribution in [0.4, 0.5) is 0 Å². The number of aryl methyl sites for hydroxylation is 1. The maximum absolute atomic E-state index is 11.2. The number of Topliss-reactive ketones (excluding diaryl/α,β-unsaturated/α-hetero) is 1. The van der Waals surface area contributed by atoms with Gasteiger partial charge >= 0.3 is 0 Å². The molecule has 17 heavy (non-hydrogen) atoms. The fourth-order valence-corrected chi connectivity index (χ4v) is 1.49. The van der Waals surface area contributed by atoms with Gasteiger partial charge in [0.1, 0.15) is 18.2 Å². The predicted molar refractivity (Wildman–Crippen MR) is 64.0 cm³/mol. The minimum atomic E-state index is 0.0347. The highest BCUT2D eigenvalue weighted by atomic mass is 16.5. The number of hydrogen-bond acceptors (Lipinski definition) is 3. The Hall–Kier alpha value is -2.10. The van der Waals surface area contributed by atoms with E-state index in [4.69, 9.17) is 4.74 Å². The number of ketones is 1. The lowest BCUT2D eigenvalue weighted by molar-refractivity contribution is 0.101. The van der Waals surface area contributed by atoms with Crippen molar-refractivity contribution in [2.75, 3.05) is 0 Å². The average Bonchev–Trinajstić information content (AvgIpc) is 2.72. The van der Waals surface area contributed by atoms with Gasteiger partial charge in [-0.3, -0.25) is 4.79 Å². The smallest absolute Gasteiger partial charge is 0.159 e. The quantitative estimate of drug-likeness (QED) is 0.756. The van der Waals surface area contributed by atoms with Crippen LogP contribution in [0.25, 0.3) is 0 Å². The number of aromatic nitrogens is 2. The molecule has 1 heterocycles. The Labute approximate surface area is 99.9 Å². The summed E-state index contributed by atoms with van der Waals surface area (Å²) in [7, 11) is 1.91. The summed E-state index contributed by atoms with van der Waals surface area (Å²) < 4.78 is 7.48. The third-order valence-corrected chi connectivity index (χ3v) is 2.53. The van der Waals surface area contributed by atoms with Gasteiger partial charge in [-0.25, -0.2) is 4.98 Å². The lowest BCUT2D eigenvalue weighted by Gasteiger charge is -2.06. The van der Waals surface area contributed by atoms with E-state index in [2.05, 4.69) is 4.98 Å². The highest BCUT2D eigenvalue weighted by Crippen LogP contribution is 2.15. The summed E-state index contributed by atoms with van der Waals surface area (Å²) in [6, 6.07) is 7.15. The molecule has 0 saturated heterocycles. The minimum Gasteiger partial charge on any atom is -0.486 e. The maximum Gasteiger partial charge on any atom is 0.159 e. The topological polar surface area (TPSA) is 44.1 Å². The van der Waals surface area contributed by atoms with E-state index in [-0.39, 0.29) is 5.78 Å². The minimum absolute atomic E-state index is 0.0347. The molecule has 4 nitrogen and oxygen atoms in total. The van der Waals surface area contributed by atoms with E-state index in [9.17, 15) is 4.79 Å². The molecular weight excluding hydrogens is 216 g/mol. The van der Waals surface area contributed by atoms with E-state index < -0.39 is 0 Å². The van der Waals surface area contributed by atoms with Crippen LogP contribution in [0.3, 0.4) is 0 Å². The zero-order valence-corrected chi connectivity index (χ0v) is 9.88. The highest BCUT2D eigenvalue weighted by Gasteiger charge is 2.03. The number of ether oxygens (including phenoxy) is 1. The average molecular weight is 230 g/mol. The molecule has 0 bridgehead atoms. The first-order valence-electron chi connectivity index (χ1n) is 5.37. The van der Waals surface area contributed by atoms with Crippen LogP contribution in [0.2, 0.25) is 0 Å². The summed E-state index contributed by atoms with van der Waals surface area (Å²) in [5.74, 6) is 1.56. The van der Waals surface area contributed by atoms with Crippen molar-refractivity contribution in [1.29, 1.82) is 0 Å². The van der Waals surface area contributed by atoms with E-state index >= 15 is 0 Å². The van der Waals surface area contributed by atoms with Crippen molar-refractivity contribution in [3.63, 3.8) is 0 Å². The van der Waals surface area contributed by atoms with Gasteiger partial charge in [0.25, 0.3) is 0 Å². The second-order valence-electron chi connectivity index (χ2n) is 3.83. The molecule has 2 aromatic rings. The largest absolute Gasteiger partial charge is 0.486 e. The van der Waals surface area contributed by atoms with Crippen molar-refractivity contribution in [1.82, 2.24) is 9.55 Å². The van der Waals surface area contributed by atoms with E-state index in [0.29, 0.717) is 17.9 Å². The predicted octanol–water partition coefficient (Wildman–Crippen LogP) is 2.20. The first-order chi connectivity index (χ1) is 8.16. The highest BCUT2D eigenvalue weighted by molar-refractivity contribution is 5.94. The molecule has 1 aromatic carbocycles. The van der Waals surface area contributed by atoms with Gasteiger partial charge in [0.15, 0.2) is 5.78 Å². The Morgan fingerprint density at radius 3 is 2.94 bits per heavy atom. The number of imidazole rings is 1. The molecule has 1 aromatic heterocycles. The molecule has 2 rings (SSSR count). The fraction of sp³-hybridized carbons (Fsp3) is 0.231. The number of hydrogen-bond donors (Lipinski definition) is 0. The van der Waals surface area contributed by atoms with Crippen LogP contribution < -0.4 is 4.74 Å². The third kappa shape index (κ3) is 2.72. The standard InChI is InChI=1S/C13H14N2O2/c1-10(16)11-4-3-5-12(8-11)17-9-13-14-6-7-15(13)2/h3-8H,9H2,1-2H3. The van der Waals surface area contributed by atoms with Crippen molar-refractivity contribution in [3.05, 3.63) is 48.0 Å². The second kappa shape index (κ2) is 4.82. The van der Waals surface area contributed by atoms with Gasteiger partial charge < -0.3 is 9.30 Å². The second-order valence-corrected chi connectivity index (χ2v) is 3.83. The van der Waals surface area contributed by atoms with Crippen LogP contribution in [0.15, 0.2) is 36.7 Å². The van der Waals surface area contributed by atoms with Crippen LogP contribution in [-0.2, 0) is 13.7 Å². The van der Waals surface area contributed by atoms with Gasteiger partial charge in [0, 0.05) is 25.0 Å². The van der Waals surface area contributed by atoms with Crippen LogP contribution in [0.5, 0.6) is 5.75 Å². The lowest BCUT2D eigenvalue weighted by atomic mass is 10.1. The summed E-state index contributed by atoms with van der Waals surface area (Å²) >= 11 is 0. The van der Waals surface area contributed by atoms with Gasteiger partial charge in [0.05, 0.1) is 0 Å². The summed E-state index contributed by atoms with van der Waals surface area (Å²) in [6.07, 6.45) is 3.59. The van der Waals surface area contributed by atoms with Crippen molar-refractivity contribution < 1.29 is 9.53 Å². The van der Waals surface area contributed by atoms with Gasteiger partial charge in [-0.05, 0) is 19.1 Å². The molecule has 0 aliphatic rings. The van der Waals surface area contributed by atoms with Gasteiger partial charge in [-0.2, -0.15) is 0 Å². The van der Waals surface area contributed by atoms with Crippen LogP contribution in [0.1, 0.15) is 23.1 Å². The SMILES string of the molecule is CC(=O)c1cccc(OCc2nccn2C)c1. The molecule has 0 fully saturated rings. The van der Waals surface area contributed by atoms with Crippen molar-refractivity contribution >= 4 is 5.78 Å². The number of benzene rings is 1. The van der Waals surface area contributed by atoms with E-state index in [0.717, 1.165) is 5.82 Å². The van der Waals surface area contributed by atoms with Crippen molar-refractivity contribution in [2.24, 2.45) is 7.05 Å². The van der Waals surface area contributed by atoms with Gasteiger partial charge in [-0.15, -0.1) is 0 Å². The third-order valence-electron chi connectivity index (χ3n) is 2.53. The summed E-state index contributed by atoms with van der Waals surface area (Å²) in [5.41, 5.74) is 0.655. The summed E-state index contributed by atoms with van der Waals surface area (Å²) in [4.78, 5) is 15.4. The van der Waals surface area contributed by atoms with Crippen LogP contribution in [0, 0.1) is 0 Å². The maximum atomic E-state index is 11.2. The zero-order valence-electron chi connectivity index (χ0n) is 9.88. The molecule has 0 radical (unpaired) electrons. The molecule has 4 heteroatoms. The van der Waals surface area contributed by atoms with Crippen LogP contribution >= 0.6 is 0 Å². The van der Waals surface area contributed by atoms with Gasteiger partial charge in [0.2, 0.25) is 0 Å². The monoisotopic (exact) mass is 230 g/mol. The molecule has 0 amide bonds. The van der Waals surface area contributed by atoms with E-state index in [1.165, 1.54) is 6.92 Å².